The second kappa shape index (κ2) is 12.3. The van der Waals surface area contributed by atoms with E-state index in [1.165, 1.54) is 0 Å². The molecule has 0 radical (unpaired) electrons. The van der Waals surface area contributed by atoms with Crippen LogP contribution in [0.25, 0.3) is 0 Å². The van der Waals surface area contributed by atoms with Crippen LogP contribution < -0.4 is 10.6 Å². The number of hydrogen-bond acceptors (Lipinski definition) is 4. The van der Waals surface area contributed by atoms with Crippen molar-refractivity contribution in [2.75, 3.05) is 19.8 Å². The second-order valence-electron chi connectivity index (χ2n) is 2.26. The zero-order valence-electron chi connectivity index (χ0n) is 8.40. The lowest BCUT2D eigenvalue weighted by molar-refractivity contribution is -0.132. The Morgan fingerprint density at radius 1 is 1.00 bits per heavy atom. The van der Waals surface area contributed by atoms with Crippen LogP contribution in [0.5, 0.6) is 0 Å². The van der Waals surface area contributed by atoms with Gasteiger partial charge in [-0.15, -0.1) is 0 Å². The molecule has 0 aromatic rings. The van der Waals surface area contributed by atoms with E-state index in [-0.39, 0.29) is 0 Å². The summed E-state index contributed by atoms with van der Waals surface area (Å²) in [5.41, 5.74) is 0. The van der Waals surface area contributed by atoms with Crippen LogP contribution >= 0.6 is 0 Å². The third-order valence-corrected chi connectivity index (χ3v) is 1.08. The maximum Gasteiger partial charge on any atom is 0.327 e. The number of aliphatic carboxylic acids is 2. The number of carbonyl (C=O) groups is 2. The third kappa shape index (κ3) is 24.5. The summed E-state index contributed by atoms with van der Waals surface area (Å²) >= 11 is 0. The topological polar surface area (TPSA) is 98.7 Å². The van der Waals surface area contributed by atoms with Crippen LogP contribution in [0, 0.1) is 0 Å². The van der Waals surface area contributed by atoms with Gasteiger partial charge in [0.25, 0.3) is 0 Å². The number of nitrogens with one attached hydrogen (secondary N) is 2. The molecule has 0 amide bonds. The fourth-order valence-electron chi connectivity index (χ4n) is 0.442. The third-order valence-electron chi connectivity index (χ3n) is 1.08. The molecule has 0 saturated carbocycles. The second-order valence-corrected chi connectivity index (χ2v) is 2.26. The van der Waals surface area contributed by atoms with E-state index < -0.39 is 11.9 Å². The van der Waals surface area contributed by atoms with E-state index >= 15 is 0 Å². The molecule has 6 nitrogen and oxygen atoms in total. The Hall–Kier alpha value is -1.66. The lowest BCUT2D eigenvalue weighted by Crippen LogP contribution is -2.11. The van der Waals surface area contributed by atoms with Gasteiger partial charge in [-0.2, -0.15) is 0 Å². The summed E-state index contributed by atoms with van der Waals surface area (Å²) in [5.74, 6) is -1.96. The van der Waals surface area contributed by atoms with E-state index in [1.807, 2.05) is 0 Å². The highest BCUT2D eigenvalue weighted by molar-refractivity contribution is 5.79. The smallest absolute Gasteiger partial charge is 0.327 e. The molecule has 1 aliphatic heterocycles. The summed E-state index contributed by atoms with van der Waals surface area (Å²) in [7, 11) is 0. The lowest BCUT2D eigenvalue weighted by Gasteiger charge is -1.77. The Morgan fingerprint density at radius 3 is 1.33 bits per heavy atom. The molecule has 0 aromatic heterocycles. The summed E-state index contributed by atoms with van der Waals surface area (Å²) < 4.78 is 0. The Kier molecular flexibility index (Phi) is 13.0. The first-order chi connectivity index (χ1) is 7.04. The molecule has 0 bridgehead atoms. The molecule has 0 spiro atoms. The Balaban J connectivity index is 0. The zero-order valence-corrected chi connectivity index (χ0v) is 8.40. The van der Waals surface area contributed by atoms with Crippen molar-refractivity contribution in [3.05, 3.63) is 25.3 Å². The first kappa shape index (κ1) is 15.8. The fourth-order valence-corrected chi connectivity index (χ4v) is 0.442. The standard InChI is InChI=1S/C3H8N2.2C3H4O2/c1-2-5-3-4-1;2*1-2-3(4)5/h4-5H,1-3H2;2*2H,1H2,(H,4,5). The van der Waals surface area contributed by atoms with Crippen molar-refractivity contribution in [3.63, 3.8) is 0 Å². The van der Waals surface area contributed by atoms with Gasteiger partial charge in [0.05, 0.1) is 0 Å². The molecule has 6 heteroatoms. The molecule has 0 aliphatic carbocycles. The highest BCUT2D eigenvalue weighted by atomic mass is 16.4. The summed E-state index contributed by atoms with van der Waals surface area (Å²) in [6, 6.07) is 0. The van der Waals surface area contributed by atoms with Gasteiger partial charge in [0.1, 0.15) is 0 Å². The number of hydrogen-bond donors (Lipinski definition) is 4. The van der Waals surface area contributed by atoms with Crippen molar-refractivity contribution < 1.29 is 19.8 Å². The monoisotopic (exact) mass is 216 g/mol. The van der Waals surface area contributed by atoms with E-state index in [0.29, 0.717) is 0 Å². The van der Waals surface area contributed by atoms with Crippen molar-refractivity contribution in [1.82, 2.24) is 10.6 Å². The largest absolute Gasteiger partial charge is 0.478 e. The normalized spacial score (nSPS) is 12.3. The van der Waals surface area contributed by atoms with Crippen LogP contribution in [-0.4, -0.2) is 41.9 Å². The molecule has 0 unspecified atom stereocenters. The van der Waals surface area contributed by atoms with Crippen molar-refractivity contribution in [2.45, 2.75) is 0 Å². The first-order valence-corrected chi connectivity index (χ1v) is 4.16. The minimum absolute atomic E-state index is 0.833. The Labute approximate surface area is 88.3 Å². The molecule has 1 aliphatic rings. The quantitative estimate of drug-likeness (QED) is 0.471. The van der Waals surface area contributed by atoms with Crippen molar-refractivity contribution in [1.29, 1.82) is 0 Å². The first-order valence-electron chi connectivity index (χ1n) is 4.16. The van der Waals surface area contributed by atoms with Gasteiger partial charge in [0.15, 0.2) is 0 Å². The molecule has 4 N–H and O–H groups in total. The van der Waals surface area contributed by atoms with Gasteiger partial charge in [-0.25, -0.2) is 9.59 Å². The molecule has 1 fully saturated rings. The molecule has 1 heterocycles. The summed E-state index contributed by atoms with van der Waals surface area (Å²) in [6.45, 7) is 9.20. The summed E-state index contributed by atoms with van der Waals surface area (Å²) in [5, 5.41) is 21.4. The number of rotatable bonds is 2. The molecule has 1 saturated heterocycles. The fraction of sp³-hybridized carbons (Fsp3) is 0.333. The highest BCUT2D eigenvalue weighted by Gasteiger charge is 1.90. The maximum absolute atomic E-state index is 9.25. The van der Waals surface area contributed by atoms with Gasteiger partial charge in [0.2, 0.25) is 0 Å². The van der Waals surface area contributed by atoms with Crippen LogP contribution in [0.15, 0.2) is 25.3 Å². The van der Waals surface area contributed by atoms with E-state index in [1.54, 1.807) is 0 Å². The van der Waals surface area contributed by atoms with Crippen LogP contribution in [0.1, 0.15) is 0 Å². The van der Waals surface area contributed by atoms with Crippen molar-refractivity contribution in [2.24, 2.45) is 0 Å². The molecule has 1 rings (SSSR count). The average molecular weight is 216 g/mol. The SMILES string of the molecule is C1CNCN1.C=CC(=O)O.C=CC(=O)O. The van der Waals surface area contributed by atoms with E-state index in [0.717, 1.165) is 31.9 Å². The van der Waals surface area contributed by atoms with Gasteiger partial charge in [-0.3, -0.25) is 0 Å². The lowest BCUT2D eigenvalue weighted by atomic mass is 10.7. The Bertz CT molecular complexity index is 187. The highest BCUT2D eigenvalue weighted by Crippen LogP contribution is 1.62. The van der Waals surface area contributed by atoms with Crippen molar-refractivity contribution in [3.8, 4) is 0 Å². The van der Waals surface area contributed by atoms with E-state index in [2.05, 4.69) is 23.8 Å². The minimum atomic E-state index is -0.981. The van der Waals surface area contributed by atoms with Gasteiger partial charge in [0, 0.05) is 31.9 Å². The Morgan fingerprint density at radius 2 is 1.27 bits per heavy atom. The van der Waals surface area contributed by atoms with Crippen LogP contribution in [0.4, 0.5) is 0 Å². The average Bonchev–Trinajstić information content (AvgIpc) is 2.76. The molecule has 0 atom stereocenters. The molecular formula is C9H16N2O4. The number of carboxylic acids is 2. The van der Waals surface area contributed by atoms with Gasteiger partial charge in [-0.05, 0) is 0 Å². The maximum atomic E-state index is 9.25. The van der Waals surface area contributed by atoms with Gasteiger partial charge >= 0.3 is 11.9 Å². The van der Waals surface area contributed by atoms with Crippen LogP contribution in [0.2, 0.25) is 0 Å². The summed E-state index contributed by atoms with van der Waals surface area (Å²) in [4.78, 5) is 18.5. The summed E-state index contributed by atoms with van der Waals surface area (Å²) in [6.07, 6.45) is 1.67. The van der Waals surface area contributed by atoms with E-state index in [9.17, 15) is 9.59 Å². The van der Waals surface area contributed by atoms with Crippen LogP contribution in [-0.2, 0) is 9.59 Å². The van der Waals surface area contributed by atoms with Gasteiger partial charge in [-0.1, -0.05) is 13.2 Å². The number of carboxylic acid groups (broad SMARTS) is 2. The van der Waals surface area contributed by atoms with Gasteiger partial charge < -0.3 is 20.8 Å². The van der Waals surface area contributed by atoms with Crippen molar-refractivity contribution >= 4 is 11.9 Å². The molecule has 0 aromatic carbocycles. The van der Waals surface area contributed by atoms with E-state index in [4.69, 9.17) is 10.2 Å². The predicted octanol–water partition coefficient (Wildman–Crippen LogP) is -0.349. The van der Waals surface area contributed by atoms with Crippen LogP contribution in [0.3, 0.4) is 0 Å². The zero-order chi connectivity index (χ0) is 12.1. The minimum Gasteiger partial charge on any atom is -0.478 e. The molecule has 86 valence electrons. The molecule has 15 heavy (non-hydrogen) atoms. The predicted molar refractivity (Wildman–Crippen MR) is 56.5 cm³/mol. The molecular weight excluding hydrogens is 200 g/mol.